The zero-order valence-electron chi connectivity index (χ0n) is 18.5. The average molecular weight is 494 g/mol. The molecule has 194 valence electrons. The summed E-state index contributed by atoms with van der Waals surface area (Å²) < 4.78 is 39.8. The Labute approximate surface area is 195 Å². The van der Waals surface area contributed by atoms with Crippen molar-refractivity contribution in [1.82, 2.24) is 0 Å². The maximum Gasteiger partial charge on any atom is 0.336 e. The molecule has 0 saturated carbocycles. The molecule has 0 aliphatic carbocycles. The van der Waals surface area contributed by atoms with Crippen LogP contribution in [0.15, 0.2) is 12.1 Å². The average Bonchev–Trinajstić information content (AvgIpc) is 2.81. The highest BCUT2D eigenvalue weighted by Crippen LogP contribution is 2.21. The fourth-order valence-corrected chi connectivity index (χ4v) is 2.45. The van der Waals surface area contributed by atoms with Crippen molar-refractivity contribution in [2.75, 3.05) is 67.2 Å². The number of hydrogen-bond acceptors (Lipinski definition) is 12. The Morgan fingerprint density at radius 1 is 0.588 bits per heavy atom. The fourth-order valence-electron chi connectivity index (χ4n) is 2.45. The Balaban J connectivity index is 2.53. The number of ether oxygens (including phenoxy) is 8. The molecular weight excluding hydrogens is 464 g/mol. The summed E-state index contributed by atoms with van der Waals surface area (Å²) in [6.07, 6.45) is 0. The Hall–Kier alpha value is -2.24. The van der Waals surface area contributed by atoms with Gasteiger partial charge in [0.1, 0.15) is 27.2 Å². The van der Waals surface area contributed by atoms with E-state index in [4.69, 9.17) is 38.6 Å². The monoisotopic (exact) mass is 494 g/mol. The number of rotatable bonds is 22. The van der Waals surface area contributed by atoms with Crippen LogP contribution in [0.25, 0.3) is 0 Å². The van der Waals surface area contributed by atoms with Crippen molar-refractivity contribution < 1.29 is 67.9 Å². The van der Waals surface area contributed by atoms with E-state index in [1.807, 2.05) is 0 Å². The number of aliphatic hydroxyl groups is 2. The number of carbonyl (C=O) groups is 2. The number of carboxylic acids is 2. The summed E-state index contributed by atoms with van der Waals surface area (Å²) in [7, 11) is 0. The molecule has 14 heteroatoms. The Kier molecular flexibility index (Phi) is 16.7. The topological polar surface area (TPSA) is 189 Å². The van der Waals surface area contributed by atoms with Gasteiger partial charge in [-0.2, -0.15) is 0 Å². The molecule has 4 N–H and O–H groups in total. The highest BCUT2D eigenvalue weighted by atomic mass is 16.8. The van der Waals surface area contributed by atoms with Crippen molar-refractivity contribution in [1.29, 1.82) is 0 Å². The number of aromatic carboxylic acids is 2. The van der Waals surface area contributed by atoms with Crippen molar-refractivity contribution in [3.05, 3.63) is 34.4 Å². The predicted molar refractivity (Wildman–Crippen MR) is 110 cm³/mol. The third-order valence-electron chi connectivity index (χ3n) is 3.88. The lowest BCUT2D eigenvalue weighted by Crippen LogP contribution is -2.15. The molecule has 0 heterocycles. The molecule has 34 heavy (non-hydrogen) atoms. The van der Waals surface area contributed by atoms with Crippen molar-refractivity contribution >= 4 is 11.9 Å². The second kappa shape index (κ2) is 19.1. The predicted octanol–water partition coefficient (Wildman–Crippen LogP) is -0.0546. The first-order valence-electron chi connectivity index (χ1n) is 9.97. The van der Waals surface area contributed by atoms with E-state index < -0.39 is 25.5 Å². The van der Waals surface area contributed by atoms with E-state index in [0.29, 0.717) is 5.56 Å². The van der Waals surface area contributed by atoms with Crippen LogP contribution in [0.4, 0.5) is 0 Å². The summed E-state index contributed by atoms with van der Waals surface area (Å²) in [5, 5.41) is 35.9. The van der Waals surface area contributed by atoms with Gasteiger partial charge >= 0.3 is 11.9 Å². The summed E-state index contributed by atoms with van der Waals surface area (Å²) in [5.74, 6) is -2.61. The van der Waals surface area contributed by atoms with E-state index in [9.17, 15) is 19.8 Å². The van der Waals surface area contributed by atoms with E-state index in [2.05, 4.69) is 9.47 Å². The molecule has 0 saturated heterocycles. The van der Waals surface area contributed by atoms with Gasteiger partial charge in [0.05, 0.1) is 50.8 Å². The molecule has 0 bridgehead atoms. The Morgan fingerprint density at radius 3 is 1.44 bits per heavy atom. The van der Waals surface area contributed by atoms with Crippen LogP contribution in [0.5, 0.6) is 0 Å². The van der Waals surface area contributed by atoms with Crippen molar-refractivity contribution in [2.24, 2.45) is 0 Å². The molecular formula is C20H30O14. The summed E-state index contributed by atoms with van der Waals surface area (Å²) in [5.41, 5.74) is -0.0477. The molecule has 1 rings (SSSR count). The Morgan fingerprint density at radius 2 is 1.00 bits per heavy atom. The Bertz CT molecular complexity index is 676. The summed E-state index contributed by atoms with van der Waals surface area (Å²) in [4.78, 5) is 23.4. The minimum absolute atomic E-state index is 0.0157. The first kappa shape index (κ1) is 29.8. The van der Waals surface area contributed by atoms with Gasteiger partial charge < -0.3 is 58.3 Å². The quantitative estimate of drug-likeness (QED) is 0.124. The molecule has 0 atom stereocenters. The molecule has 0 fully saturated rings. The van der Waals surface area contributed by atoms with E-state index in [-0.39, 0.29) is 83.5 Å². The molecule has 0 spiro atoms. The number of aliphatic hydroxyl groups excluding tert-OH is 2. The highest BCUT2D eigenvalue weighted by molar-refractivity contribution is 5.97. The van der Waals surface area contributed by atoms with Crippen LogP contribution in [0.1, 0.15) is 31.8 Å². The molecule has 0 amide bonds. The van der Waals surface area contributed by atoms with Crippen LogP contribution in [0.2, 0.25) is 0 Å². The van der Waals surface area contributed by atoms with E-state index in [0.717, 1.165) is 0 Å². The zero-order chi connectivity index (χ0) is 25.0. The molecule has 0 aliphatic heterocycles. The molecule has 0 radical (unpaired) electrons. The van der Waals surface area contributed by atoms with Crippen LogP contribution < -0.4 is 0 Å². The smallest absolute Gasteiger partial charge is 0.336 e. The largest absolute Gasteiger partial charge is 0.478 e. The number of benzene rings is 1. The standard InChI is InChI=1S/C20H30O14/c21-9-31-13-33-11-29-3-1-27-7-15-5-16(19(23)24)18(17(6-15)20(25)26)8-28-2-4-30-12-34-14-32-10-22/h5-6,21-22H,1-4,7-14H2,(H,23,24)(H,25,26). The number of carboxylic acid groups (broad SMARTS) is 2. The molecule has 1 aromatic rings. The van der Waals surface area contributed by atoms with Crippen molar-refractivity contribution in [3.63, 3.8) is 0 Å². The lowest BCUT2D eigenvalue weighted by Gasteiger charge is -2.14. The van der Waals surface area contributed by atoms with Crippen LogP contribution in [-0.4, -0.2) is 99.5 Å². The second-order valence-corrected chi connectivity index (χ2v) is 6.25. The third-order valence-corrected chi connectivity index (χ3v) is 3.88. The molecule has 0 unspecified atom stereocenters. The van der Waals surface area contributed by atoms with Gasteiger partial charge in [-0.25, -0.2) is 9.59 Å². The summed E-state index contributed by atoms with van der Waals surface area (Å²) >= 11 is 0. The first-order chi connectivity index (χ1) is 16.5. The van der Waals surface area contributed by atoms with E-state index >= 15 is 0 Å². The molecule has 1 aromatic carbocycles. The van der Waals surface area contributed by atoms with Gasteiger partial charge in [-0.15, -0.1) is 0 Å². The summed E-state index contributed by atoms with van der Waals surface area (Å²) in [6, 6.07) is 2.66. The van der Waals surface area contributed by atoms with Gasteiger partial charge in [0, 0.05) is 5.56 Å². The second-order valence-electron chi connectivity index (χ2n) is 6.25. The zero-order valence-corrected chi connectivity index (χ0v) is 18.5. The lowest BCUT2D eigenvalue weighted by molar-refractivity contribution is -0.161. The minimum atomic E-state index is -1.30. The van der Waals surface area contributed by atoms with Gasteiger partial charge in [-0.1, -0.05) is 0 Å². The van der Waals surface area contributed by atoms with E-state index in [1.165, 1.54) is 12.1 Å². The minimum Gasteiger partial charge on any atom is -0.478 e. The van der Waals surface area contributed by atoms with E-state index in [1.54, 1.807) is 0 Å². The maximum absolute atomic E-state index is 11.7. The van der Waals surface area contributed by atoms with Crippen LogP contribution >= 0.6 is 0 Å². The van der Waals surface area contributed by atoms with Crippen LogP contribution in [0.3, 0.4) is 0 Å². The molecule has 0 aliphatic rings. The molecule has 14 nitrogen and oxygen atoms in total. The highest BCUT2D eigenvalue weighted by Gasteiger charge is 2.20. The van der Waals surface area contributed by atoms with Gasteiger partial charge in [-0.05, 0) is 17.7 Å². The third kappa shape index (κ3) is 12.9. The van der Waals surface area contributed by atoms with Crippen LogP contribution in [-0.2, 0) is 51.1 Å². The summed E-state index contributed by atoms with van der Waals surface area (Å²) in [6.45, 7) is -1.17. The number of hydrogen-bond donors (Lipinski definition) is 4. The fraction of sp³-hybridized carbons (Fsp3) is 0.600. The first-order valence-corrected chi connectivity index (χ1v) is 9.97. The van der Waals surface area contributed by atoms with Gasteiger partial charge in [0.15, 0.2) is 13.6 Å². The van der Waals surface area contributed by atoms with Crippen molar-refractivity contribution in [3.8, 4) is 0 Å². The lowest BCUT2D eigenvalue weighted by atomic mass is 9.98. The van der Waals surface area contributed by atoms with Gasteiger partial charge in [0.25, 0.3) is 0 Å². The van der Waals surface area contributed by atoms with Gasteiger partial charge in [-0.3, -0.25) is 0 Å². The maximum atomic E-state index is 11.7. The van der Waals surface area contributed by atoms with Crippen LogP contribution in [0, 0.1) is 0 Å². The SMILES string of the molecule is O=C(O)c1cc(COCCOCOCOCO)cc(C(=O)O)c1COCCOCOCOCO. The van der Waals surface area contributed by atoms with Gasteiger partial charge in [0.2, 0.25) is 0 Å². The normalized spacial score (nSPS) is 11.1. The van der Waals surface area contributed by atoms with Crippen molar-refractivity contribution in [2.45, 2.75) is 13.2 Å². The molecule has 0 aromatic heterocycles.